The summed E-state index contributed by atoms with van der Waals surface area (Å²) in [6.07, 6.45) is 2.42. The number of aliphatic hydroxyl groups is 1. The van der Waals surface area contributed by atoms with Crippen molar-refractivity contribution in [3.8, 4) is 0 Å². The molecule has 0 saturated carbocycles. The monoisotopic (exact) mass is 1600 g/mol. The molecule has 6 aromatic rings. The lowest BCUT2D eigenvalue weighted by Gasteiger charge is -2.29. The molecule has 4 aromatic carbocycles. The molecule has 7 rings (SSSR count). The molecular weight excluding hydrogens is 1490 g/mol. The Morgan fingerprint density at radius 2 is 0.991 bits per heavy atom. The van der Waals surface area contributed by atoms with E-state index < -0.39 is 192 Å². The summed E-state index contributed by atoms with van der Waals surface area (Å²) in [4.78, 5) is 207. The molecule has 0 spiro atoms. The van der Waals surface area contributed by atoms with Crippen LogP contribution in [0.25, 0.3) is 32.6 Å². The van der Waals surface area contributed by atoms with E-state index in [2.05, 4.69) is 79.1 Å². The summed E-state index contributed by atoms with van der Waals surface area (Å²) in [5.74, 6) is -15.9. The summed E-state index contributed by atoms with van der Waals surface area (Å²) >= 11 is 1.04. The molecule has 1 aliphatic rings. The fourth-order valence-corrected chi connectivity index (χ4v) is 13.8. The number of aromatic amines is 2. The van der Waals surface area contributed by atoms with Crippen molar-refractivity contribution in [3.63, 3.8) is 0 Å². The quantitative estimate of drug-likeness (QED) is 0.0209. The highest BCUT2D eigenvalue weighted by molar-refractivity contribution is 7.99. The van der Waals surface area contributed by atoms with Gasteiger partial charge in [0.1, 0.15) is 66.5 Å². The average Bonchev–Trinajstić information content (AvgIpc) is 1.66. The molecule has 616 valence electrons. The summed E-state index contributed by atoms with van der Waals surface area (Å²) in [5, 5.41) is 55.4. The van der Waals surface area contributed by atoms with E-state index in [9.17, 15) is 62.6 Å². The van der Waals surface area contributed by atoms with Crippen molar-refractivity contribution in [2.75, 3.05) is 37.7 Å². The van der Waals surface area contributed by atoms with Crippen molar-refractivity contribution in [3.05, 3.63) is 120 Å². The van der Waals surface area contributed by atoms with Crippen LogP contribution in [-0.2, 0) is 86.4 Å². The molecule has 12 atom stereocenters. The second kappa shape index (κ2) is 44.0. The third-order valence-corrected chi connectivity index (χ3v) is 20.6. The number of para-hydroxylation sites is 2. The third kappa shape index (κ3) is 26.8. The molecule has 0 radical (unpaired) electrons. The first-order valence-corrected chi connectivity index (χ1v) is 39.3. The summed E-state index contributed by atoms with van der Waals surface area (Å²) < 4.78 is 0. The van der Waals surface area contributed by atoms with Crippen molar-refractivity contribution < 1.29 is 72.2 Å². The molecule has 0 unspecified atom stereocenters. The van der Waals surface area contributed by atoms with Gasteiger partial charge in [0.2, 0.25) is 82.7 Å². The Kier molecular flexibility index (Phi) is 34.5. The summed E-state index contributed by atoms with van der Waals surface area (Å²) in [5.41, 5.74) is 26.1. The van der Waals surface area contributed by atoms with Crippen LogP contribution in [0.1, 0.15) is 110 Å². The lowest BCUT2D eigenvalue weighted by Crippen LogP contribution is -2.62. The van der Waals surface area contributed by atoms with Crippen molar-refractivity contribution in [1.29, 1.82) is 5.41 Å². The number of hydrogen-bond acceptors (Lipinski definition) is 18. The minimum atomic E-state index is -1.87. The number of aromatic nitrogens is 2. The van der Waals surface area contributed by atoms with Crippen LogP contribution in [0.4, 0.5) is 0 Å². The Bertz CT molecular complexity index is 4420. The van der Waals surface area contributed by atoms with Crippen LogP contribution >= 0.6 is 11.8 Å². The number of unbranched alkanes of at least 4 members (excludes halogenated alkanes) is 1. The average molecular weight is 1600 g/mol. The molecule has 1 fully saturated rings. The molecule has 3 heterocycles. The van der Waals surface area contributed by atoms with Crippen molar-refractivity contribution in [1.82, 2.24) is 79.1 Å². The predicted molar refractivity (Wildman–Crippen MR) is 429 cm³/mol. The van der Waals surface area contributed by atoms with E-state index in [4.69, 9.17) is 28.3 Å². The Hall–Kier alpha value is -11.7. The van der Waals surface area contributed by atoms with Crippen LogP contribution < -0.4 is 92.1 Å². The van der Waals surface area contributed by atoms with Crippen molar-refractivity contribution in [2.45, 2.75) is 179 Å². The van der Waals surface area contributed by atoms with E-state index in [1.807, 2.05) is 42.5 Å². The highest BCUT2D eigenvalue weighted by Gasteiger charge is 2.39. The van der Waals surface area contributed by atoms with E-state index in [0.29, 0.717) is 44.9 Å². The number of carbonyl (C=O) groups is 14. The van der Waals surface area contributed by atoms with Gasteiger partial charge in [-0.05, 0) is 108 Å². The maximum absolute atomic E-state index is 15.1. The number of primary amides is 2. The first-order valence-electron chi connectivity index (χ1n) is 38.1. The fraction of sp³-hybridized carbons (Fsp3) is 0.474. The number of H-pyrrole nitrogens is 2. The second-order valence-electron chi connectivity index (χ2n) is 29.0. The topological polar surface area (TPSA) is 575 Å². The molecule has 35 nitrogen and oxygen atoms in total. The highest BCUT2D eigenvalue weighted by Crippen LogP contribution is 2.24. The van der Waals surface area contributed by atoms with Gasteiger partial charge in [0.15, 0.2) is 5.96 Å². The van der Waals surface area contributed by atoms with E-state index in [0.717, 1.165) is 22.5 Å². The van der Waals surface area contributed by atoms with Crippen LogP contribution in [0.15, 0.2) is 103 Å². The zero-order chi connectivity index (χ0) is 83.3. The van der Waals surface area contributed by atoms with Gasteiger partial charge < -0.3 is 107 Å². The number of rotatable bonds is 22. The van der Waals surface area contributed by atoms with Crippen molar-refractivity contribution >= 4 is 133 Å². The Labute approximate surface area is 663 Å². The highest BCUT2D eigenvalue weighted by atomic mass is 32.2. The van der Waals surface area contributed by atoms with Gasteiger partial charge in [0.05, 0.1) is 25.3 Å². The molecule has 1 saturated heterocycles. The lowest BCUT2D eigenvalue weighted by atomic mass is 9.96. The summed E-state index contributed by atoms with van der Waals surface area (Å²) in [6.45, 7) is 8.14. The van der Waals surface area contributed by atoms with Crippen LogP contribution in [0.5, 0.6) is 0 Å². The molecule has 2 aromatic heterocycles. The SMILES string of the molecule is CC[C@H](C)[C@@H]1NC(=O)[C@H](Cc2ccc3ccccc3c2)NC(=O)CSCC[C@@H](C(N)=O)NC(=O)[C@H](C(C)C)NC(=O)[C@H](Cc2c[nH]c3ccccc23)NC(=O)[C@H](CCCCN)NC(=O)[C@@H](C(C)C)NC(=O)[C@H](Cc2c[nH]c3ccccc23)NC(=O)[C@H](CC(N)=O)NC(=O)[C@H](CCCNC(=N)N)NC(=O)CNC(=O)[C@@H](CO)NC1=O. The molecule has 0 bridgehead atoms. The summed E-state index contributed by atoms with van der Waals surface area (Å²) in [7, 11) is 0. The van der Waals surface area contributed by atoms with E-state index >= 15 is 9.59 Å². The number of thioether (sulfide) groups is 1. The standard InChI is InChI=1S/C78H108N20O15S/c1-7-43(6)66-77(113)95-60(39-99)68(104)87-38-62(101)88-54(24-16-29-84-78(82)83)69(105)94-59(35-61(80)100)71(107)93-58(34-48-37-86-52-22-13-11-20-50(48)52)74(110)97-65(42(4)5)76(112)91-55(23-14-15-28-79)70(106)92-57(33-47-36-85-51-21-12-10-19-49(47)51)73(109)96-64(41(2)3)75(111)90-53(67(81)103)27-30-114-40-63(102)89-56(72(108)98-66)32-44-25-26-45-17-8-9-18-46(45)31-44/h8-13,17-22,25-26,31,36-37,41-43,53-60,64-66,85-86,99H,7,14-16,23-24,27-30,32-35,38-40,79H2,1-6H3,(H2,80,100)(H2,81,103)(H,87,104)(H,88,101)(H,89,102)(H,90,111)(H,91,112)(H,92,106)(H,93,107)(H,94,105)(H,95,113)(H,96,109)(H,97,110)(H,98,108)(H4,82,83,84)/t43-,53-,54-,55-,56-,57-,58-,59-,60+,64-,65+,66-/m0/s1. The zero-order valence-electron chi connectivity index (χ0n) is 64.8. The van der Waals surface area contributed by atoms with Crippen LogP contribution in [0.2, 0.25) is 0 Å². The number of aliphatic hydroxyl groups excluding tert-OH is 1. The molecule has 36 heteroatoms. The number of fused-ring (bicyclic) bond motifs is 3. The first kappa shape index (κ1) is 89.5. The van der Waals surface area contributed by atoms with Gasteiger partial charge >= 0.3 is 0 Å². The van der Waals surface area contributed by atoms with E-state index in [-0.39, 0.29) is 82.4 Å². The van der Waals surface area contributed by atoms with Gasteiger partial charge in [0, 0.05) is 60.0 Å². The summed E-state index contributed by atoms with van der Waals surface area (Å²) in [6, 6.07) is 10.5. The second-order valence-corrected chi connectivity index (χ2v) is 30.1. The molecule has 25 N–H and O–H groups in total. The van der Waals surface area contributed by atoms with Gasteiger partial charge in [-0.25, -0.2) is 0 Å². The minimum absolute atomic E-state index is 0.0119. The van der Waals surface area contributed by atoms with Gasteiger partial charge in [-0.2, -0.15) is 11.8 Å². The third-order valence-electron chi connectivity index (χ3n) is 19.6. The number of carbonyl (C=O) groups excluding carboxylic acids is 14. The van der Waals surface area contributed by atoms with Crippen molar-refractivity contribution in [2.24, 2.45) is 40.7 Å². The van der Waals surface area contributed by atoms with Crippen LogP contribution in [0.3, 0.4) is 0 Å². The number of amides is 14. The maximum atomic E-state index is 15.1. The Balaban J connectivity index is 1.25. The maximum Gasteiger partial charge on any atom is 0.245 e. The Morgan fingerprint density at radius 1 is 0.518 bits per heavy atom. The largest absolute Gasteiger partial charge is 0.394 e. The molecule has 0 aliphatic carbocycles. The van der Waals surface area contributed by atoms with Gasteiger partial charge in [-0.1, -0.05) is 127 Å². The molecule has 1 aliphatic heterocycles. The minimum Gasteiger partial charge on any atom is -0.394 e. The fourth-order valence-electron chi connectivity index (χ4n) is 13.0. The van der Waals surface area contributed by atoms with Gasteiger partial charge in [-0.15, -0.1) is 0 Å². The predicted octanol–water partition coefficient (Wildman–Crippen LogP) is -1.48. The lowest BCUT2D eigenvalue weighted by molar-refractivity contribution is -0.137. The molecule has 14 amide bonds. The van der Waals surface area contributed by atoms with Crippen LogP contribution in [-0.4, -0.2) is 208 Å². The first-order chi connectivity index (χ1) is 54.4. The number of nitrogens with one attached hydrogen (secondary N) is 16. The number of benzene rings is 4. The van der Waals surface area contributed by atoms with Crippen LogP contribution in [0, 0.1) is 23.2 Å². The Morgan fingerprint density at radius 3 is 1.54 bits per heavy atom. The number of hydrogen-bond donors (Lipinski definition) is 21. The van der Waals surface area contributed by atoms with Gasteiger partial charge in [-0.3, -0.25) is 72.5 Å². The van der Waals surface area contributed by atoms with E-state index in [1.165, 1.54) is 0 Å². The normalized spacial score (nSPS) is 23.1. The number of nitrogens with two attached hydrogens (primary N) is 4. The molecular formula is C78H108N20O15S. The number of guanidine groups is 1. The van der Waals surface area contributed by atoms with Gasteiger partial charge in [0.25, 0.3) is 0 Å². The smallest absolute Gasteiger partial charge is 0.245 e. The molecule has 114 heavy (non-hydrogen) atoms. The van der Waals surface area contributed by atoms with E-state index in [1.54, 1.807) is 102 Å². The zero-order valence-corrected chi connectivity index (χ0v) is 65.6.